The van der Waals surface area contributed by atoms with Gasteiger partial charge in [-0.15, -0.1) is 0 Å². The molecular weight excluding hydrogens is 308 g/mol. The predicted octanol–water partition coefficient (Wildman–Crippen LogP) is 3.30. The molecule has 1 aromatic carbocycles. The van der Waals surface area contributed by atoms with Crippen LogP contribution >= 0.6 is 11.6 Å². The summed E-state index contributed by atoms with van der Waals surface area (Å²) in [5, 5.41) is 3.73. The molecule has 2 N–H and O–H groups in total. The van der Waals surface area contributed by atoms with Crippen molar-refractivity contribution in [3.63, 3.8) is 0 Å². The highest BCUT2D eigenvalue weighted by molar-refractivity contribution is 7.89. The second-order valence-electron chi connectivity index (χ2n) is 5.42. The quantitative estimate of drug-likeness (QED) is 0.768. The summed E-state index contributed by atoms with van der Waals surface area (Å²) in [6.45, 7) is 8.64. The summed E-state index contributed by atoms with van der Waals surface area (Å²) in [6, 6.07) is 5.19. The highest BCUT2D eigenvalue weighted by Crippen LogP contribution is 2.21. The SMILES string of the molecule is CCC(CC)NS(=O)(=O)c1ccc(CNC(C)C)c(Cl)c1. The van der Waals surface area contributed by atoms with Gasteiger partial charge in [-0.05, 0) is 30.5 Å². The van der Waals surface area contributed by atoms with Crippen molar-refractivity contribution in [1.29, 1.82) is 0 Å². The Morgan fingerprint density at radius 2 is 1.81 bits per heavy atom. The van der Waals surface area contributed by atoms with Crippen LogP contribution in [0.5, 0.6) is 0 Å². The van der Waals surface area contributed by atoms with Gasteiger partial charge in [0.15, 0.2) is 0 Å². The van der Waals surface area contributed by atoms with Gasteiger partial charge in [0.1, 0.15) is 0 Å². The lowest BCUT2D eigenvalue weighted by Crippen LogP contribution is -2.33. The van der Waals surface area contributed by atoms with E-state index in [-0.39, 0.29) is 10.9 Å². The average molecular weight is 333 g/mol. The monoisotopic (exact) mass is 332 g/mol. The summed E-state index contributed by atoms with van der Waals surface area (Å²) < 4.78 is 27.3. The molecule has 0 atom stereocenters. The zero-order valence-electron chi connectivity index (χ0n) is 13.1. The summed E-state index contributed by atoms with van der Waals surface area (Å²) in [5.74, 6) is 0. The molecule has 0 heterocycles. The summed E-state index contributed by atoms with van der Waals surface area (Å²) in [5.41, 5.74) is 0.895. The van der Waals surface area contributed by atoms with Gasteiger partial charge in [0.05, 0.1) is 4.90 Å². The van der Waals surface area contributed by atoms with Crippen molar-refractivity contribution in [2.75, 3.05) is 0 Å². The standard InChI is InChI=1S/C15H25ClN2O2S/c1-5-13(6-2)18-21(19,20)14-8-7-12(15(16)9-14)10-17-11(3)4/h7-9,11,13,17-18H,5-6,10H2,1-4H3. The zero-order chi connectivity index (χ0) is 16.0. The van der Waals surface area contributed by atoms with Crippen LogP contribution in [0.15, 0.2) is 23.1 Å². The summed E-state index contributed by atoms with van der Waals surface area (Å²) >= 11 is 6.19. The molecule has 120 valence electrons. The van der Waals surface area contributed by atoms with Crippen LogP contribution in [-0.2, 0) is 16.6 Å². The maximum absolute atomic E-state index is 12.3. The lowest BCUT2D eigenvalue weighted by atomic mass is 10.2. The highest BCUT2D eigenvalue weighted by atomic mass is 35.5. The van der Waals surface area contributed by atoms with Crippen molar-refractivity contribution >= 4 is 21.6 Å². The third-order valence-electron chi connectivity index (χ3n) is 3.34. The van der Waals surface area contributed by atoms with Gasteiger partial charge in [-0.3, -0.25) is 0 Å². The van der Waals surface area contributed by atoms with E-state index in [1.807, 2.05) is 27.7 Å². The van der Waals surface area contributed by atoms with Gasteiger partial charge >= 0.3 is 0 Å². The van der Waals surface area contributed by atoms with E-state index in [4.69, 9.17) is 11.6 Å². The van der Waals surface area contributed by atoms with E-state index in [0.29, 0.717) is 17.6 Å². The van der Waals surface area contributed by atoms with E-state index in [9.17, 15) is 8.42 Å². The zero-order valence-corrected chi connectivity index (χ0v) is 14.7. The largest absolute Gasteiger partial charge is 0.310 e. The Kier molecular flexibility index (Phi) is 7.13. The minimum Gasteiger partial charge on any atom is -0.310 e. The fourth-order valence-electron chi connectivity index (χ4n) is 1.90. The molecule has 0 aliphatic carbocycles. The molecule has 0 bridgehead atoms. The topological polar surface area (TPSA) is 58.2 Å². The van der Waals surface area contributed by atoms with Crippen molar-refractivity contribution in [3.05, 3.63) is 28.8 Å². The summed E-state index contributed by atoms with van der Waals surface area (Å²) in [6.07, 6.45) is 1.53. The number of hydrogen-bond donors (Lipinski definition) is 2. The number of benzene rings is 1. The average Bonchev–Trinajstić information content (AvgIpc) is 2.43. The van der Waals surface area contributed by atoms with Crippen LogP contribution in [0.25, 0.3) is 0 Å². The van der Waals surface area contributed by atoms with E-state index < -0.39 is 10.0 Å². The van der Waals surface area contributed by atoms with Gasteiger partial charge in [-0.25, -0.2) is 13.1 Å². The van der Waals surface area contributed by atoms with E-state index in [0.717, 1.165) is 18.4 Å². The molecule has 0 amide bonds. The van der Waals surface area contributed by atoms with Crippen molar-refractivity contribution in [3.8, 4) is 0 Å². The summed E-state index contributed by atoms with van der Waals surface area (Å²) in [7, 11) is -3.51. The molecule has 0 saturated carbocycles. The van der Waals surface area contributed by atoms with Crippen molar-refractivity contribution in [1.82, 2.24) is 10.0 Å². The molecule has 4 nitrogen and oxygen atoms in total. The number of hydrogen-bond acceptors (Lipinski definition) is 3. The number of halogens is 1. The maximum atomic E-state index is 12.3. The van der Waals surface area contributed by atoms with Crippen LogP contribution in [-0.4, -0.2) is 20.5 Å². The Balaban J connectivity index is 2.91. The van der Waals surface area contributed by atoms with Crippen LogP contribution in [0.3, 0.4) is 0 Å². The molecule has 21 heavy (non-hydrogen) atoms. The lowest BCUT2D eigenvalue weighted by molar-refractivity contribution is 0.530. The molecule has 0 aliphatic heterocycles. The van der Waals surface area contributed by atoms with Crippen LogP contribution in [0.4, 0.5) is 0 Å². The molecule has 0 unspecified atom stereocenters. The second-order valence-corrected chi connectivity index (χ2v) is 7.54. The maximum Gasteiger partial charge on any atom is 0.240 e. The molecule has 0 aliphatic rings. The molecule has 0 aromatic heterocycles. The smallest absolute Gasteiger partial charge is 0.240 e. The van der Waals surface area contributed by atoms with Crippen molar-refractivity contribution in [2.45, 2.75) is 64.1 Å². The predicted molar refractivity (Wildman–Crippen MR) is 88.1 cm³/mol. The molecule has 0 spiro atoms. The third kappa shape index (κ3) is 5.58. The van der Waals surface area contributed by atoms with Crippen LogP contribution in [0.1, 0.15) is 46.1 Å². The third-order valence-corrected chi connectivity index (χ3v) is 5.21. The van der Waals surface area contributed by atoms with Gasteiger partial charge in [0.25, 0.3) is 0 Å². The molecule has 1 aromatic rings. The first-order valence-electron chi connectivity index (χ1n) is 7.34. The number of sulfonamides is 1. The second kappa shape index (κ2) is 8.13. The van der Waals surface area contributed by atoms with E-state index in [2.05, 4.69) is 10.0 Å². The Bertz CT molecular complexity index is 555. The van der Waals surface area contributed by atoms with Gasteiger partial charge in [0, 0.05) is 23.7 Å². The first-order valence-corrected chi connectivity index (χ1v) is 9.20. The fourth-order valence-corrected chi connectivity index (χ4v) is 3.64. The van der Waals surface area contributed by atoms with Gasteiger partial charge in [-0.2, -0.15) is 0 Å². The normalized spacial score (nSPS) is 12.3. The molecule has 6 heteroatoms. The Morgan fingerprint density at radius 3 is 2.29 bits per heavy atom. The molecular formula is C15H25ClN2O2S. The first kappa shape index (κ1) is 18.4. The van der Waals surface area contributed by atoms with Crippen LogP contribution < -0.4 is 10.0 Å². The minimum absolute atomic E-state index is 0.0453. The van der Waals surface area contributed by atoms with E-state index >= 15 is 0 Å². The van der Waals surface area contributed by atoms with Gasteiger partial charge in [0.2, 0.25) is 10.0 Å². The Labute approximate surface area is 133 Å². The van der Waals surface area contributed by atoms with Crippen LogP contribution in [0.2, 0.25) is 5.02 Å². The van der Waals surface area contributed by atoms with Gasteiger partial charge in [-0.1, -0.05) is 45.4 Å². The van der Waals surface area contributed by atoms with Crippen molar-refractivity contribution in [2.24, 2.45) is 0 Å². The van der Waals surface area contributed by atoms with E-state index in [1.54, 1.807) is 12.1 Å². The summed E-state index contributed by atoms with van der Waals surface area (Å²) in [4.78, 5) is 0.215. The Hall–Kier alpha value is -0.620. The van der Waals surface area contributed by atoms with E-state index in [1.165, 1.54) is 6.07 Å². The van der Waals surface area contributed by atoms with Crippen LogP contribution in [0, 0.1) is 0 Å². The highest BCUT2D eigenvalue weighted by Gasteiger charge is 2.19. The number of nitrogens with one attached hydrogen (secondary N) is 2. The fraction of sp³-hybridized carbons (Fsp3) is 0.600. The molecule has 0 radical (unpaired) electrons. The first-order chi connectivity index (χ1) is 9.80. The Morgan fingerprint density at radius 1 is 1.19 bits per heavy atom. The molecule has 1 rings (SSSR count). The molecule has 0 saturated heterocycles. The van der Waals surface area contributed by atoms with Crippen molar-refractivity contribution < 1.29 is 8.42 Å². The van der Waals surface area contributed by atoms with Gasteiger partial charge < -0.3 is 5.32 Å². The number of rotatable bonds is 8. The minimum atomic E-state index is -3.51. The lowest BCUT2D eigenvalue weighted by Gasteiger charge is -2.16. The molecule has 0 fully saturated rings.